The molecule has 1 amide bonds. The van der Waals surface area contributed by atoms with E-state index in [1.165, 1.54) is 0 Å². The van der Waals surface area contributed by atoms with Crippen molar-refractivity contribution >= 4 is 5.91 Å². The van der Waals surface area contributed by atoms with Crippen molar-refractivity contribution in [3.05, 3.63) is 24.3 Å². The molecule has 1 aromatic carbocycles. The molecular formula is C17H28N2O3. The lowest BCUT2D eigenvalue weighted by atomic mass is 10.0. The summed E-state index contributed by atoms with van der Waals surface area (Å²) in [6.45, 7) is 7.39. The van der Waals surface area contributed by atoms with E-state index < -0.39 is 0 Å². The van der Waals surface area contributed by atoms with Gasteiger partial charge in [0.2, 0.25) is 0 Å². The molecule has 0 saturated carbocycles. The summed E-state index contributed by atoms with van der Waals surface area (Å²) in [4.78, 5) is 11.9. The van der Waals surface area contributed by atoms with Gasteiger partial charge in [-0.25, -0.2) is 0 Å². The minimum Gasteiger partial charge on any atom is -0.494 e. The number of nitrogens with two attached hydrogens (primary N) is 1. The van der Waals surface area contributed by atoms with Gasteiger partial charge in [0.1, 0.15) is 11.5 Å². The number of hydrogen-bond donors (Lipinski definition) is 2. The molecule has 22 heavy (non-hydrogen) atoms. The fourth-order valence-electron chi connectivity index (χ4n) is 2.05. The Bertz CT molecular complexity index is 432. The summed E-state index contributed by atoms with van der Waals surface area (Å²) in [5, 5.41) is 2.89. The van der Waals surface area contributed by atoms with E-state index in [0.29, 0.717) is 24.8 Å². The summed E-state index contributed by atoms with van der Waals surface area (Å²) in [5.41, 5.74) is 5.66. The molecule has 0 saturated heterocycles. The Morgan fingerprint density at radius 1 is 1.18 bits per heavy atom. The quantitative estimate of drug-likeness (QED) is 0.696. The van der Waals surface area contributed by atoms with E-state index in [1.807, 2.05) is 12.1 Å². The SMILES string of the molecule is CCCOc1ccc(OCC(=O)NC(CN)CC(C)C)cc1. The predicted molar refractivity (Wildman–Crippen MR) is 88.2 cm³/mol. The average molecular weight is 308 g/mol. The third-order valence-corrected chi connectivity index (χ3v) is 3.07. The number of benzene rings is 1. The molecule has 124 valence electrons. The Kier molecular flexibility index (Phi) is 8.36. The third kappa shape index (κ3) is 7.31. The van der Waals surface area contributed by atoms with Crippen LogP contribution in [0.4, 0.5) is 0 Å². The molecule has 0 spiro atoms. The number of nitrogens with one attached hydrogen (secondary N) is 1. The molecule has 5 heteroatoms. The molecule has 5 nitrogen and oxygen atoms in total. The molecule has 0 heterocycles. The number of hydrogen-bond acceptors (Lipinski definition) is 4. The van der Waals surface area contributed by atoms with Crippen molar-refractivity contribution in [2.45, 2.75) is 39.7 Å². The summed E-state index contributed by atoms with van der Waals surface area (Å²) in [6.07, 6.45) is 1.84. The van der Waals surface area contributed by atoms with Crippen LogP contribution in [0.1, 0.15) is 33.6 Å². The zero-order valence-electron chi connectivity index (χ0n) is 13.8. The van der Waals surface area contributed by atoms with Gasteiger partial charge in [0.25, 0.3) is 5.91 Å². The second kappa shape index (κ2) is 10.1. The van der Waals surface area contributed by atoms with Crippen LogP contribution in [0.15, 0.2) is 24.3 Å². The zero-order valence-corrected chi connectivity index (χ0v) is 13.8. The molecule has 0 aliphatic heterocycles. The monoisotopic (exact) mass is 308 g/mol. The number of carbonyl (C=O) groups is 1. The largest absolute Gasteiger partial charge is 0.494 e. The van der Waals surface area contributed by atoms with Gasteiger partial charge in [-0.15, -0.1) is 0 Å². The summed E-state index contributed by atoms with van der Waals surface area (Å²) in [7, 11) is 0. The number of rotatable bonds is 10. The Morgan fingerprint density at radius 3 is 2.27 bits per heavy atom. The Morgan fingerprint density at radius 2 is 1.77 bits per heavy atom. The van der Waals surface area contributed by atoms with Gasteiger partial charge >= 0.3 is 0 Å². The highest BCUT2D eigenvalue weighted by Crippen LogP contribution is 2.17. The second-order valence-electron chi connectivity index (χ2n) is 5.74. The average Bonchev–Trinajstić information content (AvgIpc) is 2.50. The van der Waals surface area contributed by atoms with Crippen molar-refractivity contribution in [3.8, 4) is 11.5 Å². The van der Waals surface area contributed by atoms with Crippen LogP contribution in [0.5, 0.6) is 11.5 Å². The van der Waals surface area contributed by atoms with E-state index >= 15 is 0 Å². The molecule has 1 aromatic rings. The maximum Gasteiger partial charge on any atom is 0.258 e. The molecule has 0 aliphatic rings. The molecule has 1 unspecified atom stereocenters. The first-order valence-corrected chi connectivity index (χ1v) is 7.90. The molecule has 1 rings (SSSR count). The van der Waals surface area contributed by atoms with Gasteiger partial charge in [-0.2, -0.15) is 0 Å². The Labute approximate surface area is 133 Å². The first-order chi connectivity index (χ1) is 10.5. The summed E-state index contributed by atoms with van der Waals surface area (Å²) in [5.74, 6) is 1.79. The topological polar surface area (TPSA) is 73.6 Å². The van der Waals surface area contributed by atoms with Gasteiger partial charge < -0.3 is 20.5 Å². The predicted octanol–water partition coefficient (Wildman–Crippen LogP) is 2.34. The van der Waals surface area contributed by atoms with Gasteiger partial charge in [0, 0.05) is 12.6 Å². The smallest absolute Gasteiger partial charge is 0.258 e. The van der Waals surface area contributed by atoms with E-state index in [-0.39, 0.29) is 18.6 Å². The van der Waals surface area contributed by atoms with Gasteiger partial charge in [0.05, 0.1) is 6.61 Å². The van der Waals surface area contributed by atoms with Crippen molar-refractivity contribution in [1.29, 1.82) is 0 Å². The maximum atomic E-state index is 11.9. The Balaban J connectivity index is 2.36. The molecule has 0 radical (unpaired) electrons. The van der Waals surface area contributed by atoms with Crippen LogP contribution in [0.25, 0.3) is 0 Å². The van der Waals surface area contributed by atoms with E-state index in [0.717, 1.165) is 18.6 Å². The highest BCUT2D eigenvalue weighted by molar-refractivity contribution is 5.77. The van der Waals surface area contributed by atoms with Crippen LogP contribution >= 0.6 is 0 Å². The molecule has 0 aromatic heterocycles. The van der Waals surface area contributed by atoms with Crippen LogP contribution in [0.3, 0.4) is 0 Å². The molecule has 3 N–H and O–H groups in total. The van der Waals surface area contributed by atoms with Crippen LogP contribution < -0.4 is 20.5 Å². The van der Waals surface area contributed by atoms with Crippen molar-refractivity contribution in [2.24, 2.45) is 11.7 Å². The maximum absolute atomic E-state index is 11.9. The minimum atomic E-state index is -0.151. The van der Waals surface area contributed by atoms with Crippen LogP contribution in [-0.2, 0) is 4.79 Å². The fourth-order valence-corrected chi connectivity index (χ4v) is 2.05. The van der Waals surface area contributed by atoms with Crippen LogP contribution in [0, 0.1) is 5.92 Å². The lowest BCUT2D eigenvalue weighted by Crippen LogP contribution is -2.43. The van der Waals surface area contributed by atoms with Crippen molar-refractivity contribution < 1.29 is 14.3 Å². The zero-order chi connectivity index (χ0) is 16.4. The number of ether oxygens (including phenoxy) is 2. The first kappa shape index (κ1) is 18.3. The minimum absolute atomic E-state index is 0.000852. The summed E-state index contributed by atoms with van der Waals surface area (Å²) < 4.78 is 11.0. The lowest BCUT2D eigenvalue weighted by molar-refractivity contribution is -0.123. The second-order valence-corrected chi connectivity index (χ2v) is 5.74. The number of carbonyl (C=O) groups excluding carboxylic acids is 1. The molecular weight excluding hydrogens is 280 g/mol. The molecule has 1 atom stereocenters. The first-order valence-electron chi connectivity index (χ1n) is 7.90. The summed E-state index contributed by atoms with van der Waals surface area (Å²) >= 11 is 0. The Hall–Kier alpha value is -1.75. The van der Waals surface area contributed by atoms with Gasteiger partial charge in [-0.1, -0.05) is 20.8 Å². The molecule has 0 aliphatic carbocycles. The van der Waals surface area contributed by atoms with E-state index in [2.05, 4.69) is 26.1 Å². The third-order valence-electron chi connectivity index (χ3n) is 3.07. The lowest BCUT2D eigenvalue weighted by Gasteiger charge is -2.18. The normalized spacial score (nSPS) is 12.0. The summed E-state index contributed by atoms with van der Waals surface area (Å²) in [6, 6.07) is 7.27. The van der Waals surface area contributed by atoms with Gasteiger partial charge in [0.15, 0.2) is 6.61 Å². The molecule has 0 bridgehead atoms. The molecule has 0 fully saturated rings. The highest BCUT2D eigenvalue weighted by Gasteiger charge is 2.12. The van der Waals surface area contributed by atoms with Gasteiger partial charge in [-0.05, 0) is 43.0 Å². The van der Waals surface area contributed by atoms with Crippen molar-refractivity contribution in [1.82, 2.24) is 5.32 Å². The van der Waals surface area contributed by atoms with Crippen molar-refractivity contribution in [2.75, 3.05) is 19.8 Å². The fraction of sp³-hybridized carbons (Fsp3) is 0.588. The highest BCUT2D eigenvalue weighted by atomic mass is 16.5. The van der Waals surface area contributed by atoms with E-state index in [1.54, 1.807) is 12.1 Å². The van der Waals surface area contributed by atoms with Gasteiger partial charge in [-0.3, -0.25) is 4.79 Å². The standard InChI is InChI=1S/C17H28N2O3/c1-4-9-21-15-5-7-16(8-6-15)22-12-17(20)19-14(11-18)10-13(2)3/h5-8,13-14H,4,9-12,18H2,1-3H3,(H,19,20). The van der Waals surface area contributed by atoms with Crippen LogP contribution in [-0.4, -0.2) is 31.7 Å². The van der Waals surface area contributed by atoms with Crippen LogP contribution in [0.2, 0.25) is 0 Å². The number of amides is 1. The van der Waals surface area contributed by atoms with Crippen molar-refractivity contribution in [3.63, 3.8) is 0 Å². The van der Waals surface area contributed by atoms with E-state index in [9.17, 15) is 4.79 Å². The van der Waals surface area contributed by atoms with E-state index in [4.69, 9.17) is 15.2 Å².